The molecule has 1 heteroatoms. The summed E-state index contributed by atoms with van der Waals surface area (Å²) in [7, 11) is 0. The minimum atomic E-state index is 0.134. The number of hydrogen-bond donors (Lipinski definition) is 0. The molecule has 0 saturated carbocycles. The number of ketones is 1. The van der Waals surface area contributed by atoms with Crippen molar-refractivity contribution in [3.8, 4) is 0 Å². The van der Waals surface area contributed by atoms with Gasteiger partial charge in [0.15, 0.2) is 0 Å². The average molecular weight is 204 g/mol. The van der Waals surface area contributed by atoms with Crippen LogP contribution in [0, 0.1) is 5.92 Å². The van der Waals surface area contributed by atoms with E-state index < -0.39 is 0 Å². The zero-order valence-electron chi connectivity index (χ0n) is 10.1. The van der Waals surface area contributed by atoms with Crippen LogP contribution in [-0.2, 0) is 11.2 Å². The van der Waals surface area contributed by atoms with Gasteiger partial charge in [-0.25, -0.2) is 0 Å². The summed E-state index contributed by atoms with van der Waals surface area (Å²) >= 11 is 0. The van der Waals surface area contributed by atoms with Crippen molar-refractivity contribution >= 4 is 5.78 Å². The van der Waals surface area contributed by atoms with Crippen LogP contribution in [0.5, 0.6) is 0 Å². The summed E-state index contributed by atoms with van der Waals surface area (Å²) in [5.41, 5.74) is 2.61. The van der Waals surface area contributed by atoms with E-state index in [2.05, 4.69) is 38.1 Å². The molecule has 0 saturated heterocycles. The first-order valence-corrected chi connectivity index (χ1v) is 5.60. The molecule has 0 aliphatic carbocycles. The fourth-order valence-corrected chi connectivity index (χ4v) is 1.54. The Morgan fingerprint density at radius 3 is 2.07 bits per heavy atom. The fraction of sp³-hybridized carbons (Fsp3) is 0.500. The molecule has 1 atom stereocenters. The molecule has 15 heavy (non-hydrogen) atoms. The van der Waals surface area contributed by atoms with Crippen molar-refractivity contribution in [3.05, 3.63) is 35.4 Å². The summed E-state index contributed by atoms with van der Waals surface area (Å²) in [5.74, 6) is 0.974. The van der Waals surface area contributed by atoms with E-state index in [1.165, 1.54) is 11.1 Å². The van der Waals surface area contributed by atoms with Crippen LogP contribution in [0.4, 0.5) is 0 Å². The number of carbonyl (C=O) groups excluding carboxylic acids is 1. The second-order valence-electron chi connectivity index (χ2n) is 4.61. The molecule has 0 heterocycles. The molecule has 0 fully saturated rings. The molecule has 0 bridgehead atoms. The number of Topliss-reactive ketones (excluding diaryl/α,β-unsaturated/α-hetero) is 1. The van der Waals surface area contributed by atoms with Gasteiger partial charge in [-0.05, 0) is 30.4 Å². The number of benzene rings is 1. The summed E-state index contributed by atoms with van der Waals surface area (Å²) in [6, 6.07) is 8.59. The van der Waals surface area contributed by atoms with E-state index in [0.29, 0.717) is 5.92 Å². The SMILES string of the molecule is CC(=O)[C@H](C)Cc1ccc(C(C)C)cc1. The Morgan fingerprint density at radius 2 is 1.67 bits per heavy atom. The van der Waals surface area contributed by atoms with Crippen molar-refractivity contribution in [2.45, 2.75) is 40.0 Å². The Kier molecular flexibility index (Phi) is 4.07. The van der Waals surface area contributed by atoms with Crippen LogP contribution in [0.25, 0.3) is 0 Å². The molecule has 1 aromatic carbocycles. The quantitative estimate of drug-likeness (QED) is 0.732. The second kappa shape index (κ2) is 5.11. The smallest absolute Gasteiger partial charge is 0.132 e. The van der Waals surface area contributed by atoms with E-state index in [1.54, 1.807) is 6.92 Å². The van der Waals surface area contributed by atoms with E-state index in [-0.39, 0.29) is 11.7 Å². The third-order valence-electron chi connectivity index (χ3n) is 2.88. The number of carbonyl (C=O) groups is 1. The lowest BCUT2D eigenvalue weighted by molar-refractivity contribution is -0.120. The molecule has 82 valence electrons. The van der Waals surface area contributed by atoms with Crippen molar-refractivity contribution < 1.29 is 4.79 Å². The minimum absolute atomic E-state index is 0.134. The van der Waals surface area contributed by atoms with Crippen molar-refractivity contribution in [1.82, 2.24) is 0 Å². The van der Waals surface area contributed by atoms with Crippen molar-refractivity contribution in [3.63, 3.8) is 0 Å². The van der Waals surface area contributed by atoms with Crippen LogP contribution in [0.2, 0.25) is 0 Å². The first-order valence-electron chi connectivity index (χ1n) is 5.60. The zero-order valence-corrected chi connectivity index (χ0v) is 10.1. The average Bonchev–Trinajstić information content (AvgIpc) is 2.18. The van der Waals surface area contributed by atoms with Gasteiger partial charge in [-0.1, -0.05) is 45.0 Å². The molecule has 0 spiro atoms. The van der Waals surface area contributed by atoms with Gasteiger partial charge in [-0.2, -0.15) is 0 Å². The standard InChI is InChI=1S/C14H20O/c1-10(2)14-7-5-13(6-8-14)9-11(3)12(4)15/h5-8,10-11H,9H2,1-4H3/t11-/m1/s1. The number of rotatable bonds is 4. The summed E-state index contributed by atoms with van der Waals surface area (Å²) in [6.45, 7) is 8.02. The van der Waals surface area contributed by atoms with E-state index in [1.807, 2.05) is 6.92 Å². The van der Waals surface area contributed by atoms with Crippen LogP contribution in [0.15, 0.2) is 24.3 Å². The van der Waals surface area contributed by atoms with Gasteiger partial charge in [0.1, 0.15) is 5.78 Å². The van der Waals surface area contributed by atoms with Gasteiger partial charge in [0, 0.05) is 5.92 Å². The minimum Gasteiger partial charge on any atom is -0.300 e. The third kappa shape index (κ3) is 3.50. The molecule has 0 amide bonds. The summed E-state index contributed by atoms with van der Waals surface area (Å²) < 4.78 is 0. The normalized spacial score (nSPS) is 12.9. The Bertz CT molecular complexity index is 322. The zero-order chi connectivity index (χ0) is 11.4. The highest BCUT2D eigenvalue weighted by molar-refractivity contribution is 5.78. The predicted molar refractivity (Wildman–Crippen MR) is 64.1 cm³/mol. The highest BCUT2D eigenvalue weighted by Crippen LogP contribution is 2.16. The molecule has 1 nitrogen and oxygen atoms in total. The molecule has 1 rings (SSSR count). The van der Waals surface area contributed by atoms with Gasteiger partial charge in [-0.3, -0.25) is 4.79 Å². The molecular weight excluding hydrogens is 184 g/mol. The summed E-state index contributed by atoms with van der Waals surface area (Å²) in [4.78, 5) is 11.1. The van der Waals surface area contributed by atoms with E-state index >= 15 is 0 Å². The molecule has 1 aromatic rings. The maximum absolute atomic E-state index is 11.1. The highest BCUT2D eigenvalue weighted by Gasteiger charge is 2.08. The predicted octanol–water partition coefficient (Wildman–Crippen LogP) is 3.58. The van der Waals surface area contributed by atoms with E-state index in [4.69, 9.17) is 0 Å². The fourth-order valence-electron chi connectivity index (χ4n) is 1.54. The molecule has 0 aliphatic heterocycles. The maximum Gasteiger partial charge on any atom is 0.132 e. The van der Waals surface area contributed by atoms with Gasteiger partial charge in [-0.15, -0.1) is 0 Å². The first-order chi connectivity index (χ1) is 7.00. The van der Waals surface area contributed by atoms with Crippen molar-refractivity contribution in [1.29, 1.82) is 0 Å². The lowest BCUT2D eigenvalue weighted by Crippen LogP contribution is -2.09. The van der Waals surface area contributed by atoms with Crippen LogP contribution < -0.4 is 0 Å². The number of hydrogen-bond acceptors (Lipinski definition) is 1. The van der Waals surface area contributed by atoms with E-state index in [9.17, 15) is 4.79 Å². The van der Waals surface area contributed by atoms with Crippen molar-refractivity contribution in [2.24, 2.45) is 5.92 Å². The molecule has 0 N–H and O–H groups in total. The van der Waals surface area contributed by atoms with Gasteiger partial charge >= 0.3 is 0 Å². The van der Waals surface area contributed by atoms with Gasteiger partial charge < -0.3 is 0 Å². The van der Waals surface area contributed by atoms with Gasteiger partial charge in [0.25, 0.3) is 0 Å². The molecule has 0 aromatic heterocycles. The first kappa shape index (κ1) is 12.0. The van der Waals surface area contributed by atoms with Crippen LogP contribution in [0.1, 0.15) is 44.7 Å². The van der Waals surface area contributed by atoms with Crippen LogP contribution in [-0.4, -0.2) is 5.78 Å². The lowest BCUT2D eigenvalue weighted by atomic mass is 9.95. The summed E-state index contributed by atoms with van der Waals surface area (Å²) in [6.07, 6.45) is 0.855. The molecule has 0 radical (unpaired) electrons. The van der Waals surface area contributed by atoms with Crippen LogP contribution >= 0.6 is 0 Å². The molecule has 0 unspecified atom stereocenters. The Morgan fingerprint density at radius 1 is 1.13 bits per heavy atom. The van der Waals surface area contributed by atoms with Gasteiger partial charge in [0.05, 0.1) is 0 Å². The highest BCUT2D eigenvalue weighted by atomic mass is 16.1. The molecule has 0 aliphatic rings. The summed E-state index contributed by atoms with van der Waals surface area (Å²) in [5, 5.41) is 0. The topological polar surface area (TPSA) is 17.1 Å². The second-order valence-corrected chi connectivity index (χ2v) is 4.61. The Balaban J connectivity index is 2.68. The van der Waals surface area contributed by atoms with Crippen molar-refractivity contribution in [2.75, 3.05) is 0 Å². The monoisotopic (exact) mass is 204 g/mol. The molecular formula is C14H20O. The van der Waals surface area contributed by atoms with Crippen LogP contribution in [0.3, 0.4) is 0 Å². The Hall–Kier alpha value is -1.11. The van der Waals surface area contributed by atoms with Gasteiger partial charge in [0.2, 0.25) is 0 Å². The Labute approximate surface area is 92.5 Å². The maximum atomic E-state index is 11.1. The lowest BCUT2D eigenvalue weighted by Gasteiger charge is -2.09. The van der Waals surface area contributed by atoms with E-state index in [0.717, 1.165) is 6.42 Å². The largest absolute Gasteiger partial charge is 0.300 e. The third-order valence-corrected chi connectivity index (χ3v) is 2.88.